The molecule has 0 atom stereocenters. The highest BCUT2D eigenvalue weighted by Crippen LogP contribution is 2.26. The molecule has 154 valence electrons. The van der Waals surface area contributed by atoms with E-state index < -0.39 is 0 Å². The monoisotopic (exact) mass is 402 g/mol. The molecule has 0 spiro atoms. The highest BCUT2D eigenvalue weighted by molar-refractivity contribution is 7.13. The largest absolute Gasteiger partial charge is 0.378 e. The fourth-order valence-corrected chi connectivity index (χ4v) is 3.92. The zero-order valence-corrected chi connectivity index (χ0v) is 18.9. The lowest BCUT2D eigenvalue weighted by atomic mass is 10.1. The molecule has 0 fully saturated rings. The van der Waals surface area contributed by atoms with E-state index in [1.165, 1.54) is 0 Å². The topological polar surface area (TPSA) is 39.7 Å². The van der Waals surface area contributed by atoms with Crippen LogP contribution in [0, 0.1) is 5.92 Å². The summed E-state index contributed by atoms with van der Waals surface area (Å²) in [5, 5.41) is 3.10. The molecule has 0 saturated heterocycles. The molecule has 1 aromatic heterocycles. The summed E-state index contributed by atoms with van der Waals surface area (Å²) in [6, 6.07) is 8.17. The number of aromatic nitrogens is 1. The molecule has 2 rings (SSSR count). The molecule has 1 heterocycles. The molecule has 0 bridgehead atoms. The highest BCUT2D eigenvalue weighted by atomic mass is 32.1. The van der Waals surface area contributed by atoms with E-state index in [9.17, 15) is 4.79 Å². The molecule has 0 aliphatic carbocycles. The molecule has 1 amide bonds. The van der Waals surface area contributed by atoms with Crippen LogP contribution >= 0.6 is 11.3 Å². The second-order valence-corrected chi connectivity index (χ2v) is 8.45. The van der Waals surface area contributed by atoms with Crippen molar-refractivity contribution in [3.63, 3.8) is 0 Å². The van der Waals surface area contributed by atoms with Crippen molar-refractivity contribution < 1.29 is 4.79 Å². The van der Waals surface area contributed by atoms with Crippen LogP contribution in [0.4, 0.5) is 16.5 Å². The summed E-state index contributed by atoms with van der Waals surface area (Å²) in [4.78, 5) is 24.0. The Morgan fingerprint density at radius 1 is 1.07 bits per heavy atom. The van der Waals surface area contributed by atoms with Gasteiger partial charge >= 0.3 is 0 Å². The molecular formula is C22H34N4OS. The second kappa shape index (κ2) is 10.5. The maximum Gasteiger partial charge on any atom is 0.227 e. The molecule has 0 unspecified atom stereocenters. The minimum Gasteiger partial charge on any atom is -0.378 e. The first-order chi connectivity index (χ1) is 13.3. The van der Waals surface area contributed by atoms with E-state index in [1.807, 2.05) is 31.1 Å². The normalized spacial score (nSPS) is 11.0. The van der Waals surface area contributed by atoms with Crippen LogP contribution in [0.1, 0.15) is 46.2 Å². The molecule has 2 aromatic rings. The van der Waals surface area contributed by atoms with Crippen LogP contribution in [-0.4, -0.2) is 38.1 Å². The maximum absolute atomic E-state index is 13.0. The number of thiazole rings is 1. The van der Waals surface area contributed by atoms with E-state index in [1.54, 1.807) is 11.3 Å². The van der Waals surface area contributed by atoms with E-state index in [-0.39, 0.29) is 5.91 Å². The third-order valence-electron chi connectivity index (χ3n) is 4.81. The molecule has 0 N–H and O–H groups in total. The Labute approximate surface area is 174 Å². The van der Waals surface area contributed by atoms with Crippen LogP contribution in [0.3, 0.4) is 0 Å². The Balaban J connectivity index is 2.24. The van der Waals surface area contributed by atoms with Crippen LogP contribution in [0.2, 0.25) is 0 Å². The van der Waals surface area contributed by atoms with Crippen molar-refractivity contribution in [3.05, 3.63) is 35.3 Å². The Morgan fingerprint density at radius 2 is 1.68 bits per heavy atom. The lowest BCUT2D eigenvalue weighted by Gasteiger charge is -2.24. The van der Waals surface area contributed by atoms with E-state index in [0.717, 1.165) is 41.7 Å². The SMILES string of the molecule is CCN(CC)c1nc(CN(C(=O)CCC(C)C)c2ccc(N(C)C)cc2)cs1. The fraction of sp³-hybridized carbons (Fsp3) is 0.545. The lowest BCUT2D eigenvalue weighted by Crippen LogP contribution is -2.30. The van der Waals surface area contributed by atoms with Crippen molar-refractivity contribution in [2.45, 2.75) is 47.1 Å². The van der Waals surface area contributed by atoms with Gasteiger partial charge in [-0.25, -0.2) is 4.98 Å². The van der Waals surface area contributed by atoms with Gasteiger partial charge in [0.05, 0.1) is 12.2 Å². The van der Waals surface area contributed by atoms with Crippen LogP contribution in [0.25, 0.3) is 0 Å². The Kier molecular flexibility index (Phi) is 8.30. The maximum atomic E-state index is 13.0. The van der Waals surface area contributed by atoms with E-state index >= 15 is 0 Å². The summed E-state index contributed by atoms with van der Waals surface area (Å²) in [5.74, 6) is 0.666. The molecule has 28 heavy (non-hydrogen) atoms. The molecule has 0 radical (unpaired) electrons. The molecule has 0 aliphatic heterocycles. The van der Waals surface area contributed by atoms with Gasteiger partial charge in [-0.2, -0.15) is 0 Å². The summed E-state index contributed by atoms with van der Waals surface area (Å²) in [6.45, 7) is 11.0. The van der Waals surface area contributed by atoms with Gasteiger partial charge in [0.1, 0.15) is 0 Å². The number of benzene rings is 1. The smallest absolute Gasteiger partial charge is 0.227 e. The van der Waals surface area contributed by atoms with Crippen molar-refractivity contribution in [2.75, 3.05) is 41.9 Å². The van der Waals surface area contributed by atoms with Gasteiger partial charge in [-0.1, -0.05) is 13.8 Å². The zero-order chi connectivity index (χ0) is 20.7. The number of carbonyl (C=O) groups excluding carboxylic acids is 1. The van der Waals surface area contributed by atoms with Gasteiger partial charge in [-0.15, -0.1) is 11.3 Å². The average molecular weight is 403 g/mol. The molecular weight excluding hydrogens is 368 g/mol. The van der Waals surface area contributed by atoms with Crippen LogP contribution in [0.5, 0.6) is 0 Å². The van der Waals surface area contributed by atoms with Crippen LogP contribution in [0.15, 0.2) is 29.6 Å². The minimum absolute atomic E-state index is 0.156. The summed E-state index contributed by atoms with van der Waals surface area (Å²) < 4.78 is 0. The van der Waals surface area contributed by atoms with E-state index in [0.29, 0.717) is 18.9 Å². The van der Waals surface area contributed by atoms with Crippen molar-refractivity contribution in [3.8, 4) is 0 Å². The van der Waals surface area contributed by atoms with Gasteiger partial charge < -0.3 is 14.7 Å². The molecule has 5 nitrogen and oxygen atoms in total. The molecule has 0 saturated carbocycles. The summed E-state index contributed by atoms with van der Waals surface area (Å²) in [7, 11) is 4.04. The van der Waals surface area contributed by atoms with Crippen molar-refractivity contribution >= 4 is 33.8 Å². The molecule has 1 aromatic carbocycles. The minimum atomic E-state index is 0.156. The lowest BCUT2D eigenvalue weighted by molar-refractivity contribution is -0.119. The second-order valence-electron chi connectivity index (χ2n) is 7.62. The number of hydrogen-bond donors (Lipinski definition) is 0. The molecule has 6 heteroatoms. The number of rotatable bonds is 10. The Morgan fingerprint density at radius 3 is 2.21 bits per heavy atom. The van der Waals surface area contributed by atoms with Crippen molar-refractivity contribution in [1.29, 1.82) is 0 Å². The van der Waals surface area contributed by atoms with E-state index in [2.05, 4.69) is 55.0 Å². The van der Waals surface area contributed by atoms with Crippen molar-refractivity contribution in [2.24, 2.45) is 5.92 Å². The van der Waals surface area contributed by atoms with E-state index in [4.69, 9.17) is 4.98 Å². The standard InChI is InChI=1S/C22H34N4OS/c1-7-25(8-2)22-23-18(16-28-22)15-26(21(27)14-9-17(3)4)20-12-10-19(11-13-20)24(5)6/h10-13,16-17H,7-9,14-15H2,1-6H3. The van der Waals surface area contributed by atoms with Gasteiger partial charge in [-0.3, -0.25) is 4.79 Å². The predicted octanol–water partition coefficient (Wildman–Crippen LogP) is 5.02. The first-order valence-electron chi connectivity index (χ1n) is 10.1. The molecule has 0 aliphatic rings. The number of amides is 1. The zero-order valence-electron chi connectivity index (χ0n) is 18.1. The Hall–Kier alpha value is -2.08. The Bertz CT molecular complexity index is 735. The van der Waals surface area contributed by atoms with Gasteiger partial charge in [0.15, 0.2) is 5.13 Å². The first kappa shape index (κ1) is 22.2. The highest BCUT2D eigenvalue weighted by Gasteiger charge is 2.19. The fourth-order valence-electron chi connectivity index (χ4n) is 2.97. The summed E-state index contributed by atoms with van der Waals surface area (Å²) in [6.07, 6.45) is 1.45. The van der Waals surface area contributed by atoms with Crippen molar-refractivity contribution in [1.82, 2.24) is 4.98 Å². The van der Waals surface area contributed by atoms with Crippen LogP contribution < -0.4 is 14.7 Å². The summed E-state index contributed by atoms with van der Waals surface area (Å²) in [5.41, 5.74) is 2.99. The number of hydrogen-bond acceptors (Lipinski definition) is 5. The third-order valence-corrected chi connectivity index (χ3v) is 5.76. The van der Waals surface area contributed by atoms with Gasteiger partial charge in [-0.05, 0) is 50.5 Å². The van der Waals surface area contributed by atoms with Gasteiger partial charge in [0.2, 0.25) is 5.91 Å². The quantitative estimate of drug-likeness (QED) is 0.559. The van der Waals surface area contributed by atoms with Gasteiger partial charge in [0.25, 0.3) is 0 Å². The average Bonchev–Trinajstić information content (AvgIpc) is 3.13. The van der Waals surface area contributed by atoms with Crippen LogP contribution in [-0.2, 0) is 11.3 Å². The number of nitrogens with zero attached hydrogens (tertiary/aromatic N) is 4. The number of anilines is 3. The summed E-state index contributed by atoms with van der Waals surface area (Å²) >= 11 is 1.65. The van der Waals surface area contributed by atoms with Gasteiger partial charge in [0, 0.05) is 50.4 Å². The number of carbonyl (C=O) groups is 1. The predicted molar refractivity (Wildman–Crippen MR) is 122 cm³/mol. The third kappa shape index (κ3) is 5.96. The first-order valence-corrected chi connectivity index (χ1v) is 11.0.